The second-order valence-corrected chi connectivity index (χ2v) is 5.82. The van der Waals surface area contributed by atoms with Crippen LogP contribution < -0.4 is 10.6 Å². The lowest BCUT2D eigenvalue weighted by Crippen LogP contribution is -2.12. The third-order valence-corrected chi connectivity index (χ3v) is 3.97. The molecule has 0 aliphatic carbocycles. The molecule has 3 rings (SSSR count). The molecule has 25 heavy (non-hydrogen) atoms. The predicted octanol–water partition coefficient (Wildman–Crippen LogP) is 5.00. The first-order valence-corrected chi connectivity index (χ1v) is 8.07. The molecule has 0 atom stereocenters. The number of hydrogen-bond donors (Lipinski definition) is 2. The molecule has 0 saturated heterocycles. The maximum absolute atomic E-state index is 13.2. The quantitative estimate of drug-likeness (QED) is 0.689. The van der Waals surface area contributed by atoms with E-state index in [4.69, 9.17) is 0 Å². The molecule has 0 aliphatic heterocycles. The standard InChI is InChI=1S/C21H19FN2O/c1-15-5-2-3-6-17(15)14-23-19-9-11-20(12-10-19)24-21(25)16-7-4-8-18(22)13-16/h2-13,23H,14H2,1H3,(H,24,25). The van der Waals surface area contributed by atoms with Gasteiger partial charge in [0.2, 0.25) is 0 Å². The normalized spacial score (nSPS) is 10.3. The van der Waals surface area contributed by atoms with Gasteiger partial charge in [0.15, 0.2) is 0 Å². The molecule has 0 spiro atoms. The van der Waals surface area contributed by atoms with E-state index < -0.39 is 5.82 Å². The van der Waals surface area contributed by atoms with E-state index in [2.05, 4.69) is 29.7 Å². The van der Waals surface area contributed by atoms with Gasteiger partial charge in [-0.05, 0) is 60.5 Å². The van der Waals surface area contributed by atoms with Crippen LogP contribution in [0, 0.1) is 12.7 Å². The maximum atomic E-state index is 13.2. The Kier molecular flexibility index (Phi) is 5.09. The molecule has 0 radical (unpaired) electrons. The maximum Gasteiger partial charge on any atom is 0.255 e. The SMILES string of the molecule is Cc1ccccc1CNc1ccc(NC(=O)c2cccc(F)c2)cc1. The summed E-state index contributed by atoms with van der Waals surface area (Å²) in [6.07, 6.45) is 0. The second kappa shape index (κ2) is 7.62. The van der Waals surface area contributed by atoms with Crippen LogP contribution in [0.4, 0.5) is 15.8 Å². The summed E-state index contributed by atoms with van der Waals surface area (Å²) in [7, 11) is 0. The van der Waals surface area contributed by atoms with Gasteiger partial charge in [0, 0.05) is 23.5 Å². The van der Waals surface area contributed by atoms with Crippen molar-refractivity contribution in [2.75, 3.05) is 10.6 Å². The first-order chi connectivity index (χ1) is 12.1. The van der Waals surface area contributed by atoms with Gasteiger partial charge in [0.25, 0.3) is 5.91 Å². The number of halogens is 1. The van der Waals surface area contributed by atoms with E-state index in [1.54, 1.807) is 6.07 Å². The van der Waals surface area contributed by atoms with E-state index in [0.29, 0.717) is 11.3 Å². The van der Waals surface area contributed by atoms with Crippen molar-refractivity contribution in [3.63, 3.8) is 0 Å². The van der Waals surface area contributed by atoms with E-state index >= 15 is 0 Å². The number of aryl methyl sites for hydroxylation is 1. The molecule has 0 aromatic heterocycles. The Labute approximate surface area is 146 Å². The average molecular weight is 334 g/mol. The van der Waals surface area contributed by atoms with Gasteiger partial charge in [-0.3, -0.25) is 4.79 Å². The van der Waals surface area contributed by atoms with Gasteiger partial charge in [0.05, 0.1) is 0 Å². The second-order valence-electron chi connectivity index (χ2n) is 5.82. The number of anilines is 2. The fourth-order valence-electron chi connectivity index (χ4n) is 2.51. The molecule has 0 unspecified atom stereocenters. The molecular formula is C21H19FN2O. The van der Waals surface area contributed by atoms with Gasteiger partial charge in [0.1, 0.15) is 5.82 Å². The summed E-state index contributed by atoms with van der Waals surface area (Å²) in [6.45, 7) is 2.82. The summed E-state index contributed by atoms with van der Waals surface area (Å²) in [4.78, 5) is 12.1. The molecule has 1 amide bonds. The molecule has 4 heteroatoms. The Morgan fingerprint density at radius 1 is 0.920 bits per heavy atom. The van der Waals surface area contributed by atoms with Crippen molar-refractivity contribution >= 4 is 17.3 Å². The van der Waals surface area contributed by atoms with Crippen LogP contribution in [0.3, 0.4) is 0 Å². The zero-order valence-corrected chi connectivity index (χ0v) is 13.9. The number of benzene rings is 3. The van der Waals surface area contributed by atoms with Crippen molar-refractivity contribution in [1.82, 2.24) is 0 Å². The topological polar surface area (TPSA) is 41.1 Å². The number of nitrogens with one attached hydrogen (secondary N) is 2. The fourth-order valence-corrected chi connectivity index (χ4v) is 2.51. The Morgan fingerprint density at radius 3 is 2.36 bits per heavy atom. The first kappa shape index (κ1) is 16.7. The van der Waals surface area contributed by atoms with Crippen molar-refractivity contribution in [2.45, 2.75) is 13.5 Å². The third kappa shape index (κ3) is 4.44. The van der Waals surface area contributed by atoms with Crippen molar-refractivity contribution in [1.29, 1.82) is 0 Å². The highest BCUT2D eigenvalue weighted by atomic mass is 19.1. The average Bonchev–Trinajstić information content (AvgIpc) is 2.62. The lowest BCUT2D eigenvalue weighted by Gasteiger charge is -2.10. The van der Waals surface area contributed by atoms with Crippen LogP contribution in [0.5, 0.6) is 0 Å². The summed E-state index contributed by atoms with van der Waals surface area (Å²) in [6, 6.07) is 21.3. The number of amides is 1. The lowest BCUT2D eigenvalue weighted by atomic mass is 10.1. The Morgan fingerprint density at radius 2 is 1.64 bits per heavy atom. The smallest absolute Gasteiger partial charge is 0.255 e. The van der Waals surface area contributed by atoms with Gasteiger partial charge in [-0.2, -0.15) is 0 Å². The summed E-state index contributed by atoms with van der Waals surface area (Å²) < 4.78 is 13.2. The molecule has 3 aromatic carbocycles. The van der Waals surface area contributed by atoms with Crippen molar-refractivity contribution < 1.29 is 9.18 Å². The van der Waals surface area contributed by atoms with Crippen molar-refractivity contribution in [3.05, 3.63) is 95.3 Å². The Hall–Kier alpha value is -3.14. The lowest BCUT2D eigenvalue weighted by molar-refractivity contribution is 0.102. The Balaban J connectivity index is 1.60. The number of carbonyl (C=O) groups excluding carboxylic acids is 1. The summed E-state index contributed by atoms with van der Waals surface area (Å²) in [5.74, 6) is -0.761. The van der Waals surface area contributed by atoms with E-state index in [1.807, 2.05) is 36.4 Å². The van der Waals surface area contributed by atoms with Gasteiger partial charge in [-0.15, -0.1) is 0 Å². The molecule has 0 fully saturated rings. The van der Waals surface area contributed by atoms with E-state index in [0.717, 1.165) is 12.2 Å². The van der Waals surface area contributed by atoms with Crippen LogP contribution in [0.2, 0.25) is 0 Å². The minimum Gasteiger partial charge on any atom is -0.381 e. The van der Waals surface area contributed by atoms with Gasteiger partial charge in [-0.25, -0.2) is 4.39 Å². The first-order valence-electron chi connectivity index (χ1n) is 8.07. The van der Waals surface area contributed by atoms with Crippen molar-refractivity contribution in [3.8, 4) is 0 Å². The van der Waals surface area contributed by atoms with Gasteiger partial charge >= 0.3 is 0 Å². The van der Waals surface area contributed by atoms with Crippen molar-refractivity contribution in [2.24, 2.45) is 0 Å². The number of hydrogen-bond acceptors (Lipinski definition) is 2. The number of carbonyl (C=O) groups is 1. The zero-order chi connectivity index (χ0) is 17.6. The Bertz CT molecular complexity index is 875. The monoisotopic (exact) mass is 334 g/mol. The van der Waals surface area contributed by atoms with Crippen LogP contribution in [-0.2, 0) is 6.54 Å². The summed E-state index contributed by atoms with van der Waals surface area (Å²) in [5, 5.41) is 6.12. The minimum atomic E-state index is -0.427. The van der Waals surface area contributed by atoms with Crippen LogP contribution in [0.25, 0.3) is 0 Å². The molecule has 0 heterocycles. The van der Waals surface area contributed by atoms with Gasteiger partial charge < -0.3 is 10.6 Å². The molecular weight excluding hydrogens is 315 g/mol. The van der Waals surface area contributed by atoms with E-state index in [-0.39, 0.29) is 5.91 Å². The molecule has 0 saturated carbocycles. The summed E-state index contributed by atoms with van der Waals surface area (Å²) >= 11 is 0. The highest BCUT2D eigenvalue weighted by Gasteiger charge is 2.07. The van der Waals surface area contributed by atoms with E-state index in [1.165, 1.54) is 29.3 Å². The molecule has 0 bridgehead atoms. The largest absolute Gasteiger partial charge is 0.381 e. The number of rotatable bonds is 5. The molecule has 3 nitrogen and oxygen atoms in total. The predicted molar refractivity (Wildman–Crippen MR) is 99.3 cm³/mol. The highest BCUT2D eigenvalue weighted by Crippen LogP contribution is 2.17. The minimum absolute atomic E-state index is 0.293. The van der Waals surface area contributed by atoms with E-state index in [9.17, 15) is 9.18 Å². The molecule has 3 aromatic rings. The van der Waals surface area contributed by atoms with Crippen LogP contribution >= 0.6 is 0 Å². The van der Waals surface area contributed by atoms with Crippen LogP contribution in [-0.4, -0.2) is 5.91 Å². The zero-order valence-electron chi connectivity index (χ0n) is 13.9. The van der Waals surface area contributed by atoms with Gasteiger partial charge in [-0.1, -0.05) is 30.3 Å². The summed E-state index contributed by atoms with van der Waals surface area (Å²) in [5.41, 5.74) is 4.41. The molecule has 2 N–H and O–H groups in total. The molecule has 0 aliphatic rings. The highest BCUT2D eigenvalue weighted by molar-refractivity contribution is 6.04. The molecule has 126 valence electrons. The van der Waals surface area contributed by atoms with Crippen LogP contribution in [0.15, 0.2) is 72.8 Å². The fraction of sp³-hybridized carbons (Fsp3) is 0.0952. The van der Waals surface area contributed by atoms with Crippen LogP contribution in [0.1, 0.15) is 21.5 Å². The third-order valence-electron chi connectivity index (χ3n) is 3.97.